The molecule has 0 fully saturated rings. The van der Waals surface area contributed by atoms with Crippen LogP contribution < -0.4 is 15.0 Å². The van der Waals surface area contributed by atoms with Crippen LogP contribution in [0.3, 0.4) is 0 Å². The normalized spacial score (nSPS) is 13.7. The Labute approximate surface area is 217 Å². The Morgan fingerprint density at radius 1 is 1.08 bits per heavy atom. The van der Waals surface area contributed by atoms with Gasteiger partial charge in [-0.05, 0) is 59.2 Å². The molecule has 0 amide bonds. The zero-order valence-electron chi connectivity index (χ0n) is 19.6. The van der Waals surface area contributed by atoms with Crippen LogP contribution in [-0.4, -0.2) is 41.1 Å². The van der Waals surface area contributed by atoms with Crippen molar-refractivity contribution in [3.05, 3.63) is 99.3 Å². The lowest BCUT2D eigenvalue weighted by molar-refractivity contribution is 0.385. The van der Waals surface area contributed by atoms with Crippen LogP contribution in [0.1, 0.15) is 11.3 Å². The smallest absolute Gasteiger partial charge is 0.303 e. The number of rotatable bonds is 6. The van der Waals surface area contributed by atoms with Crippen LogP contribution in [0, 0.1) is 5.82 Å². The molecule has 0 bridgehead atoms. The molecule has 0 radical (unpaired) electrons. The summed E-state index contributed by atoms with van der Waals surface area (Å²) in [6.07, 6.45) is 1.74. The number of benzene rings is 2. The van der Waals surface area contributed by atoms with Crippen molar-refractivity contribution in [3.8, 4) is 22.6 Å². The molecule has 0 spiro atoms. The molecule has 12 heteroatoms. The van der Waals surface area contributed by atoms with Crippen molar-refractivity contribution in [2.24, 2.45) is 0 Å². The SMILES string of the molecule is COc1cc(-c2cc(F)cc(Cl)c2)ccc1-n1c2c(ccc1=O)CN(S(=O)(=O)Nc1cccnn1)CC2. The Balaban J connectivity index is 1.50. The third kappa shape index (κ3) is 5.06. The summed E-state index contributed by atoms with van der Waals surface area (Å²) in [6, 6.07) is 15.5. The lowest BCUT2D eigenvalue weighted by atomic mass is 10.0. The van der Waals surface area contributed by atoms with Gasteiger partial charge in [0.2, 0.25) is 0 Å². The number of hydrogen-bond acceptors (Lipinski definition) is 6. The number of nitrogens with one attached hydrogen (secondary N) is 1. The largest absolute Gasteiger partial charge is 0.495 e. The highest BCUT2D eigenvalue weighted by Gasteiger charge is 2.29. The van der Waals surface area contributed by atoms with Gasteiger partial charge in [-0.1, -0.05) is 23.7 Å². The van der Waals surface area contributed by atoms with Gasteiger partial charge in [-0.25, -0.2) is 4.39 Å². The monoisotopic (exact) mass is 541 g/mol. The van der Waals surface area contributed by atoms with Crippen LogP contribution in [0.4, 0.5) is 10.2 Å². The number of nitrogens with zero attached hydrogens (tertiary/aromatic N) is 4. The van der Waals surface area contributed by atoms with E-state index in [1.54, 1.807) is 36.4 Å². The highest BCUT2D eigenvalue weighted by atomic mass is 35.5. The summed E-state index contributed by atoms with van der Waals surface area (Å²) < 4.78 is 50.6. The van der Waals surface area contributed by atoms with Crippen molar-refractivity contribution in [2.45, 2.75) is 13.0 Å². The van der Waals surface area contributed by atoms with Gasteiger partial charge in [-0.15, -0.1) is 5.10 Å². The average Bonchev–Trinajstić information content (AvgIpc) is 2.88. The number of anilines is 1. The van der Waals surface area contributed by atoms with Crippen molar-refractivity contribution < 1.29 is 17.5 Å². The van der Waals surface area contributed by atoms with Gasteiger partial charge in [-0.2, -0.15) is 17.8 Å². The predicted molar refractivity (Wildman–Crippen MR) is 138 cm³/mol. The fraction of sp³-hybridized carbons (Fsp3) is 0.160. The van der Waals surface area contributed by atoms with Crippen molar-refractivity contribution >= 4 is 27.6 Å². The van der Waals surface area contributed by atoms with Crippen molar-refractivity contribution in [1.29, 1.82) is 0 Å². The summed E-state index contributed by atoms with van der Waals surface area (Å²) in [6.45, 7) is 0.210. The van der Waals surface area contributed by atoms with Crippen LogP contribution in [0.2, 0.25) is 5.02 Å². The Morgan fingerprint density at radius 2 is 1.92 bits per heavy atom. The van der Waals surface area contributed by atoms with Crippen LogP contribution in [-0.2, 0) is 23.2 Å². The van der Waals surface area contributed by atoms with Gasteiger partial charge in [0.05, 0.1) is 12.8 Å². The van der Waals surface area contributed by atoms with Gasteiger partial charge >= 0.3 is 10.2 Å². The molecule has 1 aliphatic rings. The molecule has 0 atom stereocenters. The lowest BCUT2D eigenvalue weighted by Gasteiger charge is -2.30. The quantitative estimate of drug-likeness (QED) is 0.398. The summed E-state index contributed by atoms with van der Waals surface area (Å²) in [7, 11) is -2.42. The van der Waals surface area contributed by atoms with Crippen LogP contribution in [0.5, 0.6) is 5.75 Å². The first-order chi connectivity index (χ1) is 17.7. The first kappa shape index (κ1) is 24.9. The zero-order valence-corrected chi connectivity index (χ0v) is 21.1. The zero-order chi connectivity index (χ0) is 26.2. The van der Waals surface area contributed by atoms with Crippen molar-refractivity contribution in [1.82, 2.24) is 19.1 Å². The fourth-order valence-corrected chi connectivity index (χ4v) is 5.68. The molecule has 0 saturated heterocycles. The highest BCUT2D eigenvalue weighted by Crippen LogP contribution is 2.33. The lowest BCUT2D eigenvalue weighted by Crippen LogP contribution is -2.41. The molecule has 0 aliphatic carbocycles. The maximum absolute atomic E-state index is 13.9. The number of halogens is 2. The third-order valence-electron chi connectivity index (χ3n) is 6.00. The van der Waals surface area contributed by atoms with Gasteiger partial charge in [-0.3, -0.25) is 14.1 Å². The second kappa shape index (κ2) is 9.92. The number of pyridine rings is 1. The van der Waals surface area contributed by atoms with E-state index < -0.39 is 16.0 Å². The molecular weight excluding hydrogens is 521 g/mol. The van der Waals surface area contributed by atoms with E-state index in [9.17, 15) is 17.6 Å². The van der Waals surface area contributed by atoms with Crippen LogP contribution in [0.15, 0.2) is 71.7 Å². The molecular formula is C25H21ClFN5O4S. The van der Waals surface area contributed by atoms with Crippen molar-refractivity contribution in [3.63, 3.8) is 0 Å². The molecule has 1 N–H and O–H groups in total. The molecule has 1 aliphatic heterocycles. The second-order valence-electron chi connectivity index (χ2n) is 8.32. The Bertz CT molecular complexity index is 1630. The summed E-state index contributed by atoms with van der Waals surface area (Å²) in [5.41, 5.74) is 2.79. The molecule has 3 heterocycles. The second-order valence-corrected chi connectivity index (χ2v) is 10.4. The number of hydrogen-bond donors (Lipinski definition) is 1. The Kier molecular flexibility index (Phi) is 6.67. The Hall–Kier alpha value is -3.80. The van der Waals surface area contributed by atoms with Gasteiger partial charge in [0.15, 0.2) is 5.82 Å². The maximum atomic E-state index is 13.9. The topological polar surface area (TPSA) is 106 Å². The van der Waals surface area contributed by atoms with E-state index in [0.717, 1.165) is 0 Å². The van der Waals surface area contributed by atoms with Gasteiger partial charge < -0.3 is 4.74 Å². The predicted octanol–water partition coefficient (Wildman–Crippen LogP) is 3.81. The molecule has 0 unspecified atom stereocenters. The summed E-state index contributed by atoms with van der Waals surface area (Å²) >= 11 is 6.02. The standard InChI is InChI=1S/C25H21ClFN5O4S/c1-36-23-13-16(18-11-19(26)14-20(27)12-18)4-6-22(23)32-21-8-10-31(15-17(21)5-7-25(32)33)37(34,35)30-24-3-2-9-28-29-24/h2-7,9,11-14H,8,10,15H2,1H3,(H,29,30). The third-order valence-corrected chi connectivity index (χ3v) is 7.67. The van der Waals surface area contributed by atoms with E-state index in [0.29, 0.717) is 33.8 Å². The number of ether oxygens (including phenoxy) is 1. The maximum Gasteiger partial charge on any atom is 0.303 e. The van der Waals surface area contributed by atoms with Crippen LogP contribution >= 0.6 is 11.6 Å². The number of methoxy groups -OCH3 is 1. The van der Waals surface area contributed by atoms with E-state index in [2.05, 4.69) is 14.9 Å². The summed E-state index contributed by atoms with van der Waals surface area (Å²) in [5, 5.41) is 7.72. The fourth-order valence-electron chi connectivity index (χ4n) is 4.32. The van der Waals surface area contributed by atoms with Gasteiger partial charge in [0.25, 0.3) is 5.56 Å². The van der Waals surface area contributed by atoms with Gasteiger partial charge in [0.1, 0.15) is 11.6 Å². The molecule has 2 aromatic carbocycles. The minimum absolute atomic E-state index is 0.0629. The first-order valence-electron chi connectivity index (χ1n) is 11.2. The first-order valence-corrected chi connectivity index (χ1v) is 13.0. The molecule has 9 nitrogen and oxygen atoms in total. The van der Waals surface area contributed by atoms with Crippen LogP contribution in [0.25, 0.3) is 16.8 Å². The van der Waals surface area contributed by atoms with Gasteiger partial charge in [0, 0.05) is 42.5 Å². The molecule has 2 aromatic heterocycles. The van der Waals surface area contributed by atoms with Crippen molar-refractivity contribution in [2.75, 3.05) is 18.4 Å². The molecule has 5 rings (SSSR count). The number of fused-ring (bicyclic) bond motifs is 1. The van der Waals surface area contributed by atoms with E-state index in [1.165, 1.54) is 46.4 Å². The van der Waals surface area contributed by atoms with E-state index in [1.807, 2.05) is 0 Å². The molecule has 0 saturated carbocycles. The molecule has 190 valence electrons. The summed E-state index contributed by atoms with van der Waals surface area (Å²) in [5.74, 6) is 0.0441. The minimum Gasteiger partial charge on any atom is -0.495 e. The minimum atomic E-state index is -3.90. The number of aromatic nitrogens is 3. The Morgan fingerprint density at radius 3 is 2.65 bits per heavy atom. The highest BCUT2D eigenvalue weighted by molar-refractivity contribution is 7.90. The van der Waals surface area contributed by atoms with E-state index in [4.69, 9.17) is 16.3 Å². The van der Waals surface area contributed by atoms with E-state index in [-0.39, 0.29) is 35.9 Å². The summed E-state index contributed by atoms with van der Waals surface area (Å²) in [4.78, 5) is 13.0. The average molecular weight is 542 g/mol. The van der Waals surface area contributed by atoms with E-state index >= 15 is 0 Å². The molecule has 4 aromatic rings. The molecule has 37 heavy (non-hydrogen) atoms.